The van der Waals surface area contributed by atoms with Gasteiger partial charge in [0.15, 0.2) is 0 Å². The molecule has 0 saturated carbocycles. The van der Waals surface area contributed by atoms with Gasteiger partial charge >= 0.3 is 23.9 Å². The van der Waals surface area contributed by atoms with Crippen LogP contribution in [-0.2, 0) is 0 Å². The first-order chi connectivity index (χ1) is 7.54. The van der Waals surface area contributed by atoms with E-state index in [1.54, 1.807) is 7.11 Å². The Labute approximate surface area is 120 Å². The Hall–Kier alpha value is -0.741. The Morgan fingerprint density at radius 3 is 2.00 bits per heavy atom. The molecule has 0 fully saturated rings. The number of methoxy groups -OCH3 is 1. The molecule has 0 aliphatic heterocycles. The first-order valence-corrected chi connectivity index (χ1v) is 5.42. The van der Waals surface area contributed by atoms with Crippen molar-refractivity contribution in [2.24, 2.45) is 0 Å². The van der Waals surface area contributed by atoms with E-state index in [4.69, 9.17) is 4.74 Å². The number of fused-ring (bicyclic) bond motifs is 1. The van der Waals surface area contributed by atoms with Gasteiger partial charge in [-0.05, 0) is 12.1 Å². The fourth-order valence-electron chi connectivity index (χ4n) is 2.02. The van der Waals surface area contributed by atoms with Crippen molar-refractivity contribution in [3.05, 3.63) is 36.4 Å². The van der Waals surface area contributed by atoms with E-state index in [2.05, 4.69) is 45.4 Å². The third kappa shape index (κ3) is 2.75. The van der Waals surface area contributed by atoms with E-state index in [-0.39, 0.29) is 23.9 Å². The van der Waals surface area contributed by atoms with E-state index in [1.165, 1.54) is 16.5 Å². The van der Waals surface area contributed by atoms with Crippen LogP contribution in [0.4, 0.5) is 5.69 Å². The summed E-state index contributed by atoms with van der Waals surface area (Å²) in [5, 5.41) is 2.44. The number of ether oxygens (including phenoxy) is 1. The molecule has 2 rings (SSSR count). The second-order valence-electron chi connectivity index (χ2n) is 4.84. The topological polar surface area (TPSA) is 9.23 Å². The Morgan fingerprint density at radius 2 is 1.47 bits per heavy atom. The maximum atomic E-state index is 5.39. The summed E-state index contributed by atoms with van der Waals surface area (Å²) in [6, 6.07) is 12.6. The Bertz CT molecular complexity index is 517. The van der Waals surface area contributed by atoms with E-state index in [0.717, 1.165) is 10.2 Å². The van der Waals surface area contributed by atoms with Gasteiger partial charge in [0.25, 0.3) is 0 Å². The molecule has 2 nitrogen and oxygen atoms in total. The molecule has 0 unspecified atom stereocenters. The number of hydrogen-bond acceptors (Lipinski definition) is 1. The first kappa shape index (κ1) is 14.3. The standard InChI is InChI=1S/C14H18NO.Sn.4H/c1-15(2,3)13-9-10-14(16-4)12-8-6-5-7-11(12)13;;;;;/h5-10H,1-4H3;;;;;/q+1;;;;;. The maximum absolute atomic E-state index is 5.39. The molecule has 0 radical (unpaired) electrons. The number of quaternary nitrogens is 1. The molecule has 0 amide bonds. The summed E-state index contributed by atoms with van der Waals surface area (Å²) < 4.78 is 6.20. The van der Waals surface area contributed by atoms with Gasteiger partial charge in [-0.15, -0.1) is 0 Å². The average Bonchev–Trinajstić information content (AvgIpc) is 2.26. The summed E-state index contributed by atoms with van der Waals surface area (Å²) >= 11 is 0. The van der Waals surface area contributed by atoms with Crippen LogP contribution in [-0.4, -0.2) is 52.2 Å². The molecule has 0 saturated heterocycles. The van der Waals surface area contributed by atoms with Gasteiger partial charge in [0.2, 0.25) is 0 Å². The predicted molar refractivity (Wildman–Crippen MR) is 81.4 cm³/mol. The Morgan fingerprint density at radius 1 is 0.882 bits per heavy atom. The van der Waals surface area contributed by atoms with Crippen LogP contribution in [0.1, 0.15) is 0 Å². The molecular formula is C14H22NOSn+. The third-order valence-electron chi connectivity index (χ3n) is 2.80. The van der Waals surface area contributed by atoms with Crippen LogP contribution in [0.3, 0.4) is 0 Å². The zero-order valence-corrected chi connectivity index (χ0v) is 10.3. The van der Waals surface area contributed by atoms with Crippen molar-refractivity contribution in [3.8, 4) is 5.75 Å². The summed E-state index contributed by atoms with van der Waals surface area (Å²) in [6.45, 7) is 0. The van der Waals surface area contributed by atoms with E-state index in [9.17, 15) is 0 Å². The van der Waals surface area contributed by atoms with Gasteiger partial charge in [-0.3, -0.25) is 4.48 Å². The molecule has 0 aromatic heterocycles. The van der Waals surface area contributed by atoms with Crippen LogP contribution >= 0.6 is 0 Å². The van der Waals surface area contributed by atoms with Gasteiger partial charge in [-0.2, -0.15) is 0 Å². The molecule has 0 atom stereocenters. The van der Waals surface area contributed by atoms with Gasteiger partial charge in [0.05, 0.1) is 28.3 Å². The predicted octanol–water partition coefficient (Wildman–Crippen LogP) is 1.59. The SMILES string of the molecule is COc1ccc([N+](C)(C)C)c2ccccc12.[SnH4]. The fraction of sp³-hybridized carbons (Fsp3) is 0.286. The number of nitrogens with zero attached hydrogens (tertiary/aromatic N) is 1. The van der Waals surface area contributed by atoms with Gasteiger partial charge in [-0.25, -0.2) is 0 Å². The van der Waals surface area contributed by atoms with Crippen LogP contribution in [0.25, 0.3) is 10.8 Å². The summed E-state index contributed by atoms with van der Waals surface area (Å²) in [4.78, 5) is 0. The van der Waals surface area contributed by atoms with E-state index < -0.39 is 0 Å². The summed E-state index contributed by atoms with van der Waals surface area (Å²) in [5.74, 6) is 0.938. The molecule has 0 aliphatic rings. The van der Waals surface area contributed by atoms with Gasteiger partial charge in [0.1, 0.15) is 11.4 Å². The van der Waals surface area contributed by atoms with Crippen LogP contribution < -0.4 is 9.22 Å². The van der Waals surface area contributed by atoms with Gasteiger partial charge < -0.3 is 4.74 Å². The fourth-order valence-corrected chi connectivity index (χ4v) is 2.02. The first-order valence-electron chi connectivity index (χ1n) is 5.42. The molecule has 0 N–H and O–H groups in total. The monoisotopic (exact) mass is 340 g/mol. The summed E-state index contributed by atoms with van der Waals surface area (Å²) in [6.07, 6.45) is 0. The molecule has 2 aromatic carbocycles. The molecular weight excluding hydrogens is 317 g/mol. The third-order valence-corrected chi connectivity index (χ3v) is 2.80. The summed E-state index contributed by atoms with van der Waals surface area (Å²) in [7, 11) is 8.24. The number of rotatable bonds is 2. The van der Waals surface area contributed by atoms with Crippen molar-refractivity contribution in [3.63, 3.8) is 0 Å². The van der Waals surface area contributed by atoms with Crippen molar-refractivity contribution in [1.29, 1.82) is 0 Å². The van der Waals surface area contributed by atoms with Gasteiger partial charge in [0, 0.05) is 16.8 Å². The zero-order chi connectivity index (χ0) is 11.8. The van der Waals surface area contributed by atoms with Crippen molar-refractivity contribution in [2.75, 3.05) is 28.3 Å². The van der Waals surface area contributed by atoms with Gasteiger partial charge in [-0.1, -0.05) is 18.2 Å². The molecule has 0 bridgehead atoms. The molecule has 0 spiro atoms. The Balaban J connectivity index is 0.00000144. The molecule has 92 valence electrons. The van der Waals surface area contributed by atoms with Crippen molar-refractivity contribution < 1.29 is 4.74 Å². The quantitative estimate of drug-likeness (QED) is 0.597. The second kappa shape index (κ2) is 5.27. The van der Waals surface area contributed by atoms with E-state index in [1.807, 2.05) is 12.1 Å². The molecule has 0 aliphatic carbocycles. The number of hydrogen-bond donors (Lipinski definition) is 0. The zero-order valence-electron chi connectivity index (χ0n) is 10.3. The van der Waals surface area contributed by atoms with Crippen molar-refractivity contribution in [1.82, 2.24) is 4.48 Å². The van der Waals surface area contributed by atoms with Crippen LogP contribution in [0.5, 0.6) is 5.75 Å². The average molecular weight is 339 g/mol. The molecule has 17 heavy (non-hydrogen) atoms. The van der Waals surface area contributed by atoms with Crippen molar-refractivity contribution >= 4 is 40.4 Å². The van der Waals surface area contributed by atoms with Crippen LogP contribution in [0, 0.1) is 0 Å². The van der Waals surface area contributed by atoms with Crippen molar-refractivity contribution in [2.45, 2.75) is 0 Å². The minimum atomic E-state index is 0. The minimum absolute atomic E-state index is 0. The number of benzene rings is 2. The Kier molecular flexibility index (Phi) is 4.44. The van der Waals surface area contributed by atoms with E-state index in [0.29, 0.717) is 0 Å². The van der Waals surface area contributed by atoms with Crippen LogP contribution in [0.15, 0.2) is 36.4 Å². The van der Waals surface area contributed by atoms with E-state index >= 15 is 0 Å². The summed E-state index contributed by atoms with van der Waals surface area (Å²) in [5.41, 5.74) is 1.30. The van der Waals surface area contributed by atoms with Crippen LogP contribution in [0.2, 0.25) is 0 Å². The normalized spacial score (nSPS) is 11.1. The second-order valence-corrected chi connectivity index (χ2v) is 4.84. The molecule has 0 heterocycles. The molecule has 2 aromatic rings. The molecule has 3 heteroatoms.